The van der Waals surface area contributed by atoms with E-state index in [0.29, 0.717) is 11.5 Å². The van der Waals surface area contributed by atoms with Gasteiger partial charge in [-0.15, -0.1) is 24.8 Å². The fourth-order valence-electron chi connectivity index (χ4n) is 3.44. The van der Waals surface area contributed by atoms with Crippen LogP contribution in [-0.2, 0) is 6.18 Å². The van der Waals surface area contributed by atoms with E-state index in [0.717, 1.165) is 57.6 Å². The third kappa shape index (κ3) is 4.54. The molecule has 138 valence electrons. The zero-order chi connectivity index (χ0) is 15.7. The highest BCUT2D eigenvalue weighted by Crippen LogP contribution is 2.42. The van der Waals surface area contributed by atoms with E-state index in [1.54, 1.807) is 0 Å². The number of rotatable bonds is 3. The smallest absolute Gasteiger partial charge is 0.314 e. The Bertz CT molecular complexity index is 529. The van der Waals surface area contributed by atoms with Gasteiger partial charge in [0.25, 0.3) is 0 Å². The van der Waals surface area contributed by atoms with Crippen molar-refractivity contribution < 1.29 is 17.6 Å². The Morgan fingerprint density at radius 1 is 1.08 bits per heavy atom. The Morgan fingerprint density at radius 2 is 1.71 bits per heavy atom. The van der Waals surface area contributed by atoms with E-state index in [-0.39, 0.29) is 30.9 Å². The van der Waals surface area contributed by atoms with E-state index >= 15 is 0 Å². The lowest BCUT2D eigenvalue weighted by molar-refractivity contribution is -0.140. The molecule has 1 heterocycles. The maximum atomic E-state index is 13.9. The van der Waals surface area contributed by atoms with Crippen molar-refractivity contribution in [2.75, 3.05) is 26.2 Å². The first-order valence-electron chi connectivity index (χ1n) is 7.78. The summed E-state index contributed by atoms with van der Waals surface area (Å²) in [6.07, 6.45) is -1.35. The maximum absolute atomic E-state index is 13.9. The Kier molecular flexibility index (Phi) is 7.78. The predicted molar refractivity (Wildman–Crippen MR) is 90.4 cm³/mol. The Hall–Kier alpha value is -0.560. The van der Waals surface area contributed by atoms with Crippen molar-refractivity contribution in [1.29, 1.82) is 0 Å². The minimum Gasteiger partial charge on any atom is -0.314 e. The van der Waals surface area contributed by atoms with Crippen LogP contribution in [0.15, 0.2) is 18.2 Å². The van der Waals surface area contributed by atoms with Crippen LogP contribution in [0.3, 0.4) is 0 Å². The van der Waals surface area contributed by atoms with Crippen molar-refractivity contribution in [1.82, 2.24) is 10.2 Å². The second-order valence-electron chi connectivity index (χ2n) is 6.16. The van der Waals surface area contributed by atoms with Crippen LogP contribution in [0.1, 0.15) is 36.4 Å². The van der Waals surface area contributed by atoms with Gasteiger partial charge in [0.15, 0.2) is 0 Å². The van der Waals surface area contributed by atoms with Crippen LogP contribution >= 0.6 is 24.8 Å². The van der Waals surface area contributed by atoms with E-state index in [1.807, 2.05) is 0 Å². The van der Waals surface area contributed by atoms with Crippen molar-refractivity contribution in [3.05, 3.63) is 35.1 Å². The van der Waals surface area contributed by atoms with Crippen LogP contribution in [0.5, 0.6) is 0 Å². The largest absolute Gasteiger partial charge is 0.419 e. The lowest BCUT2D eigenvalue weighted by Gasteiger charge is -2.43. The van der Waals surface area contributed by atoms with Crippen LogP contribution < -0.4 is 5.32 Å². The lowest BCUT2D eigenvalue weighted by Crippen LogP contribution is -2.47. The monoisotopic (exact) mass is 388 g/mol. The summed E-state index contributed by atoms with van der Waals surface area (Å²) in [6.45, 7) is 3.44. The predicted octanol–water partition coefficient (Wildman–Crippen LogP) is 4.43. The molecule has 1 aromatic rings. The molecule has 0 bridgehead atoms. The average Bonchev–Trinajstić information content (AvgIpc) is 2.42. The van der Waals surface area contributed by atoms with Gasteiger partial charge in [0, 0.05) is 32.2 Å². The van der Waals surface area contributed by atoms with Crippen molar-refractivity contribution in [3.63, 3.8) is 0 Å². The molecular weight excluding hydrogens is 367 g/mol. The molecule has 0 unspecified atom stereocenters. The van der Waals surface area contributed by atoms with Gasteiger partial charge < -0.3 is 5.32 Å². The number of piperazine rings is 1. The van der Waals surface area contributed by atoms with Gasteiger partial charge in [-0.25, -0.2) is 4.39 Å². The van der Waals surface area contributed by atoms with E-state index in [9.17, 15) is 17.6 Å². The average molecular weight is 389 g/mol. The van der Waals surface area contributed by atoms with Crippen LogP contribution in [0.2, 0.25) is 0 Å². The number of nitrogens with one attached hydrogen (secondary N) is 1. The zero-order valence-electron chi connectivity index (χ0n) is 13.1. The normalized spacial score (nSPS) is 20.5. The van der Waals surface area contributed by atoms with Gasteiger partial charge >= 0.3 is 6.18 Å². The summed E-state index contributed by atoms with van der Waals surface area (Å²) in [4.78, 5) is 2.28. The Morgan fingerprint density at radius 3 is 2.17 bits per heavy atom. The molecule has 0 amide bonds. The van der Waals surface area contributed by atoms with Gasteiger partial charge in [0.2, 0.25) is 0 Å². The van der Waals surface area contributed by atoms with Gasteiger partial charge in [-0.05, 0) is 36.5 Å². The molecule has 8 heteroatoms. The van der Waals surface area contributed by atoms with Crippen LogP contribution in [0, 0.1) is 11.7 Å². The summed E-state index contributed by atoms with van der Waals surface area (Å²) >= 11 is 0. The van der Waals surface area contributed by atoms with Crippen LogP contribution in [-0.4, -0.2) is 31.1 Å². The van der Waals surface area contributed by atoms with Crippen molar-refractivity contribution in [2.24, 2.45) is 5.92 Å². The summed E-state index contributed by atoms with van der Waals surface area (Å²) in [6, 6.07) is 3.47. The first-order valence-corrected chi connectivity index (χ1v) is 7.78. The highest BCUT2D eigenvalue weighted by atomic mass is 35.5. The van der Waals surface area contributed by atoms with Crippen LogP contribution in [0.4, 0.5) is 17.6 Å². The summed E-state index contributed by atoms with van der Waals surface area (Å²) in [5.74, 6) is -0.737. The van der Waals surface area contributed by atoms with Gasteiger partial charge in [-0.3, -0.25) is 4.90 Å². The molecule has 2 aliphatic rings. The molecule has 2 fully saturated rings. The quantitative estimate of drug-likeness (QED) is 0.770. The Labute approximate surface area is 151 Å². The molecule has 1 aliphatic heterocycles. The number of nitrogens with zero attached hydrogens (tertiary/aromatic N) is 1. The minimum absolute atomic E-state index is 0. The molecule has 1 saturated carbocycles. The van der Waals surface area contributed by atoms with Gasteiger partial charge in [-0.1, -0.05) is 12.5 Å². The van der Waals surface area contributed by atoms with E-state index in [2.05, 4.69) is 10.2 Å². The summed E-state index contributed by atoms with van der Waals surface area (Å²) in [5.41, 5.74) is -0.499. The highest BCUT2D eigenvalue weighted by Gasteiger charge is 2.37. The standard InChI is InChI=1S/C16H20F4N2.2ClH/c17-14-10-12(4-5-13(14)16(18,19)20)15(11-2-1-3-11)22-8-6-21-7-9-22;;/h4-5,10-11,15,21H,1-3,6-9H2;2*1H/t15-;;/m1../s1. The van der Waals surface area contributed by atoms with Gasteiger partial charge in [0.1, 0.15) is 5.82 Å². The molecular formula is C16H22Cl2F4N2. The number of alkyl halides is 3. The van der Waals surface area contributed by atoms with Crippen molar-refractivity contribution in [2.45, 2.75) is 31.5 Å². The van der Waals surface area contributed by atoms with Gasteiger partial charge in [0.05, 0.1) is 5.56 Å². The van der Waals surface area contributed by atoms with E-state index in [4.69, 9.17) is 0 Å². The van der Waals surface area contributed by atoms with Gasteiger partial charge in [-0.2, -0.15) is 13.2 Å². The number of hydrogen-bond acceptors (Lipinski definition) is 2. The first kappa shape index (κ1) is 21.5. The molecule has 0 aromatic heterocycles. The molecule has 1 aromatic carbocycles. The lowest BCUT2D eigenvalue weighted by atomic mass is 9.76. The number of benzene rings is 1. The fourth-order valence-corrected chi connectivity index (χ4v) is 3.44. The van der Waals surface area contributed by atoms with Crippen molar-refractivity contribution in [3.8, 4) is 0 Å². The summed E-state index contributed by atoms with van der Waals surface area (Å²) in [5, 5.41) is 3.27. The first-order chi connectivity index (χ1) is 10.5. The zero-order valence-corrected chi connectivity index (χ0v) is 14.7. The summed E-state index contributed by atoms with van der Waals surface area (Å²) in [7, 11) is 0. The molecule has 0 spiro atoms. The third-order valence-corrected chi connectivity index (χ3v) is 4.78. The fraction of sp³-hybridized carbons (Fsp3) is 0.625. The number of halogens is 6. The summed E-state index contributed by atoms with van der Waals surface area (Å²) < 4.78 is 52.0. The highest BCUT2D eigenvalue weighted by molar-refractivity contribution is 5.85. The second kappa shape index (κ2) is 8.70. The number of hydrogen-bond donors (Lipinski definition) is 1. The molecule has 1 atom stereocenters. The SMILES string of the molecule is Cl.Cl.Fc1cc([C@@H](C2CCC2)N2CCNCC2)ccc1C(F)(F)F. The molecule has 24 heavy (non-hydrogen) atoms. The molecule has 1 aliphatic carbocycles. The Balaban J connectivity index is 0.00000144. The molecule has 0 radical (unpaired) electrons. The molecule has 2 nitrogen and oxygen atoms in total. The third-order valence-electron chi connectivity index (χ3n) is 4.78. The van der Waals surface area contributed by atoms with E-state index in [1.165, 1.54) is 6.07 Å². The molecule has 3 rings (SSSR count). The second-order valence-corrected chi connectivity index (χ2v) is 6.16. The molecule has 1 N–H and O–H groups in total. The minimum atomic E-state index is -4.64. The maximum Gasteiger partial charge on any atom is 0.419 e. The van der Waals surface area contributed by atoms with Crippen molar-refractivity contribution >= 4 is 24.8 Å². The van der Waals surface area contributed by atoms with Crippen LogP contribution in [0.25, 0.3) is 0 Å². The molecule has 1 saturated heterocycles. The topological polar surface area (TPSA) is 15.3 Å². The van der Waals surface area contributed by atoms with E-state index < -0.39 is 17.6 Å².